The monoisotopic (exact) mass is 298 g/mol. The quantitative estimate of drug-likeness (QED) is 0.816. The van der Waals surface area contributed by atoms with E-state index < -0.39 is 0 Å². The van der Waals surface area contributed by atoms with Crippen molar-refractivity contribution in [2.75, 3.05) is 5.32 Å². The summed E-state index contributed by atoms with van der Waals surface area (Å²) in [5.74, 6) is -0.0229. The molecule has 2 rings (SSSR count). The summed E-state index contributed by atoms with van der Waals surface area (Å²) in [4.78, 5) is 11.7. The van der Waals surface area contributed by atoms with E-state index in [0.29, 0.717) is 12.8 Å². The SMILES string of the molecule is CC(N)CCC(=O)Nc1cccc2n[se]nc12. The van der Waals surface area contributed by atoms with E-state index in [4.69, 9.17) is 5.73 Å². The Morgan fingerprint density at radius 2 is 2.35 bits per heavy atom. The zero-order valence-electron chi connectivity index (χ0n) is 9.51. The number of benzene rings is 1. The number of hydrogen-bond acceptors (Lipinski definition) is 4. The molecule has 0 aliphatic heterocycles. The van der Waals surface area contributed by atoms with Gasteiger partial charge in [0.25, 0.3) is 0 Å². The summed E-state index contributed by atoms with van der Waals surface area (Å²) < 4.78 is 8.57. The Morgan fingerprint density at radius 3 is 3.12 bits per heavy atom. The van der Waals surface area contributed by atoms with Gasteiger partial charge in [-0.3, -0.25) is 0 Å². The van der Waals surface area contributed by atoms with Crippen LogP contribution in [0.2, 0.25) is 0 Å². The van der Waals surface area contributed by atoms with E-state index in [1.54, 1.807) is 0 Å². The number of carbonyl (C=O) groups excluding carboxylic acids is 1. The first-order valence-corrected chi connectivity index (χ1v) is 6.97. The third-order valence-electron chi connectivity index (χ3n) is 2.39. The van der Waals surface area contributed by atoms with E-state index in [9.17, 15) is 4.79 Å². The molecule has 1 aromatic carbocycles. The van der Waals surface area contributed by atoms with E-state index in [2.05, 4.69) is 13.3 Å². The Hall–Kier alpha value is -1.23. The molecule has 5 nitrogen and oxygen atoms in total. The fourth-order valence-electron chi connectivity index (χ4n) is 1.48. The number of nitrogens with zero attached hydrogens (tertiary/aromatic N) is 2. The van der Waals surface area contributed by atoms with E-state index >= 15 is 0 Å². The van der Waals surface area contributed by atoms with E-state index in [1.165, 1.54) is 0 Å². The molecule has 1 heterocycles. The second-order valence-corrected chi connectivity index (χ2v) is 5.11. The van der Waals surface area contributed by atoms with Gasteiger partial charge in [0.05, 0.1) is 0 Å². The molecule has 1 aromatic heterocycles. The summed E-state index contributed by atoms with van der Waals surface area (Å²) in [5, 5.41) is 2.86. The van der Waals surface area contributed by atoms with Gasteiger partial charge >= 0.3 is 105 Å². The number of carbonyl (C=O) groups is 1. The average Bonchev–Trinajstić information content (AvgIpc) is 2.75. The van der Waals surface area contributed by atoms with Gasteiger partial charge in [-0.15, -0.1) is 0 Å². The molecule has 0 spiro atoms. The normalized spacial score (nSPS) is 12.6. The number of aromatic nitrogens is 2. The average molecular weight is 297 g/mol. The van der Waals surface area contributed by atoms with Gasteiger partial charge in [0.1, 0.15) is 0 Å². The van der Waals surface area contributed by atoms with Crippen molar-refractivity contribution in [2.24, 2.45) is 5.73 Å². The topological polar surface area (TPSA) is 80.9 Å². The minimum atomic E-state index is -0.0745. The van der Waals surface area contributed by atoms with Gasteiger partial charge in [0.2, 0.25) is 0 Å². The Bertz CT molecular complexity index is 523. The third kappa shape index (κ3) is 3.12. The van der Waals surface area contributed by atoms with Crippen LogP contribution in [0.1, 0.15) is 19.8 Å². The molecular weight excluding hydrogens is 283 g/mol. The third-order valence-corrected chi connectivity index (χ3v) is 3.53. The molecule has 0 aliphatic carbocycles. The number of hydrogen-bond donors (Lipinski definition) is 2. The molecule has 0 saturated carbocycles. The molecule has 1 unspecified atom stereocenters. The first-order valence-electron chi connectivity index (χ1n) is 5.43. The van der Waals surface area contributed by atoms with Crippen LogP contribution in [0.4, 0.5) is 5.69 Å². The van der Waals surface area contributed by atoms with E-state index in [1.807, 2.05) is 25.1 Å². The number of anilines is 1. The number of amides is 1. The summed E-state index contributed by atoms with van der Waals surface area (Å²) in [6, 6.07) is 5.68. The van der Waals surface area contributed by atoms with Crippen molar-refractivity contribution in [2.45, 2.75) is 25.8 Å². The van der Waals surface area contributed by atoms with Crippen molar-refractivity contribution in [3.63, 3.8) is 0 Å². The number of nitrogens with two attached hydrogens (primary N) is 1. The summed E-state index contributed by atoms with van der Waals surface area (Å²) in [6.07, 6.45) is 1.12. The van der Waals surface area contributed by atoms with Gasteiger partial charge in [-0.2, -0.15) is 0 Å². The van der Waals surface area contributed by atoms with Gasteiger partial charge in [0, 0.05) is 0 Å². The zero-order valence-corrected chi connectivity index (χ0v) is 11.2. The molecule has 0 fully saturated rings. The van der Waals surface area contributed by atoms with Crippen LogP contribution in [-0.4, -0.2) is 34.9 Å². The second kappa shape index (κ2) is 5.40. The standard InChI is InChI=1S/C11H14N4OSe/c1-7(12)5-6-10(16)13-8-3-2-4-9-11(8)15-17-14-9/h2-4,7H,5-6,12H2,1H3,(H,13,16). The molecule has 0 aliphatic rings. The fourth-order valence-corrected chi connectivity index (χ4v) is 2.63. The number of fused-ring (bicyclic) bond motifs is 1. The molecule has 0 radical (unpaired) electrons. The van der Waals surface area contributed by atoms with Crippen LogP contribution in [0.25, 0.3) is 11.0 Å². The first-order chi connectivity index (χ1) is 8.16. The van der Waals surface area contributed by atoms with Gasteiger partial charge in [-0.25, -0.2) is 0 Å². The summed E-state index contributed by atoms with van der Waals surface area (Å²) >= 11 is -0.0745. The van der Waals surface area contributed by atoms with Gasteiger partial charge in [-0.1, -0.05) is 0 Å². The van der Waals surface area contributed by atoms with Crippen LogP contribution in [0.3, 0.4) is 0 Å². The molecule has 17 heavy (non-hydrogen) atoms. The fraction of sp³-hybridized carbons (Fsp3) is 0.364. The molecule has 90 valence electrons. The van der Waals surface area contributed by atoms with Crippen molar-refractivity contribution in [1.82, 2.24) is 7.96 Å². The first kappa shape index (κ1) is 12.2. The van der Waals surface area contributed by atoms with Crippen LogP contribution in [0.5, 0.6) is 0 Å². The Morgan fingerprint density at radius 1 is 1.53 bits per heavy atom. The predicted octanol–water partition coefficient (Wildman–Crippen LogP) is 0.753. The van der Waals surface area contributed by atoms with Crippen LogP contribution >= 0.6 is 0 Å². The Balaban J connectivity index is 2.08. The second-order valence-electron chi connectivity index (χ2n) is 4.00. The van der Waals surface area contributed by atoms with E-state index in [-0.39, 0.29) is 26.9 Å². The maximum atomic E-state index is 11.7. The Kier molecular flexibility index (Phi) is 3.89. The van der Waals surface area contributed by atoms with Crippen molar-refractivity contribution < 1.29 is 4.79 Å². The molecule has 1 amide bonds. The molecule has 0 bridgehead atoms. The summed E-state index contributed by atoms with van der Waals surface area (Å²) in [7, 11) is 0. The predicted molar refractivity (Wildman–Crippen MR) is 68.0 cm³/mol. The van der Waals surface area contributed by atoms with Crippen LogP contribution < -0.4 is 11.1 Å². The number of rotatable bonds is 4. The Labute approximate surface area is 106 Å². The van der Waals surface area contributed by atoms with Gasteiger partial charge in [0.15, 0.2) is 0 Å². The van der Waals surface area contributed by atoms with Gasteiger partial charge < -0.3 is 0 Å². The van der Waals surface area contributed by atoms with Crippen molar-refractivity contribution in [3.8, 4) is 0 Å². The zero-order chi connectivity index (χ0) is 12.3. The van der Waals surface area contributed by atoms with Crippen molar-refractivity contribution in [1.29, 1.82) is 0 Å². The summed E-state index contributed by atoms with van der Waals surface area (Å²) in [5.41, 5.74) is 8.04. The molecule has 6 heteroatoms. The van der Waals surface area contributed by atoms with Crippen molar-refractivity contribution >= 4 is 37.6 Å². The van der Waals surface area contributed by atoms with E-state index in [0.717, 1.165) is 16.7 Å². The van der Waals surface area contributed by atoms with Crippen LogP contribution in [0, 0.1) is 0 Å². The van der Waals surface area contributed by atoms with Crippen molar-refractivity contribution in [3.05, 3.63) is 18.2 Å². The molecule has 3 N–H and O–H groups in total. The molecule has 0 saturated heterocycles. The van der Waals surface area contributed by atoms with Gasteiger partial charge in [-0.05, 0) is 0 Å². The molecule has 2 aromatic rings. The summed E-state index contributed by atoms with van der Waals surface area (Å²) in [6.45, 7) is 1.89. The van der Waals surface area contributed by atoms with Crippen LogP contribution in [0.15, 0.2) is 18.2 Å². The molecular formula is C11H14N4OSe. The molecule has 1 atom stereocenters. The van der Waals surface area contributed by atoms with Crippen LogP contribution in [-0.2, 0) is 4.79 Å². The number of nitrogens with one attached hydrogen (secondary N) is 1. The minimum absolute atomic E-state index is 0.0229. The maximum absolute atomic E-state index is 11.7.